The average molecular weight is 248 g/mol. The maximum Gasteiger partial charge on any atom is 0.257 e. The van der Waals surface area contributed by atoms with Gasteiger partial charge < -0.3 is 14.6 Å². The molecule has 4 heteroatoms. The Hall–Kier alpha value is -1.29. The fourth-order valence-electron chi connectivity index (χ4n) is 2.66. The van der Waals surface area contributed by atoms with Gasteiger partial charge in [-0.2, -0.15) is 0 Å². The van der Waals surface area contributed by atoms with E-state index in [1.807, 2.05) is 17.9 Å². The minimum absolute atomic E-state index is 0.128. The summed E-state index contributed by atoms with van der Waals surface area (Å²) in [6.07, 6.45) is 6.28. The molecule has 0 bridgehead atoms. The predicted molar refractivity (Wildman–Crippen MR) is 68.5 cm³/mol. The minimum Gasteiger partial charge on any atom is -0.469 e. The van der Waals surface area contributed by atoms with E-state index in [1.54, 1.807) is 6.26 Å². The first-order valence-electron chi connectivity index (χ1n) is 6.83. The van der Waals surface area contributed by atoms with Crippen LogP contribution in [0.1, 0.15) is 41.8 Å². The lowest BCUT2D eigenvalue weighted by molar-refractivity contribution is 0.0728. The molecule has 1 saturated heterocycles. The predicted octanol–water partition coefficient (Wildman–Crippen LogP) is 1.94. The summed E-state index contributed by atoms with van der Waals surface area (Å²) in [5, 5.41) is 3.46. The molecule has 1 atom stereocenters. The lowest BCUT2D eigenvalue weighted by Crippen LogP contribution is -2.42. The van der Waals surface area contributed by atoms with Gasteiger partial charge in [0.1, 0.15) is 12.0 Å². The summed E-state index contributed by atoms with van der Waals surface area (Å²) < 4.78 is 5.24. The zero-order valence-electron chi connectivity index (χ0n) is 10.8. The highest BCUT2D eigenvalue weighted by Gasteiger charge is 2.35. The summed E-state index contributed by atoms with van der Waals surface area (Å²) in [5.74, 6) is 0.927. The molecule has 0 radical (unpaired) electrons. The van der Waals surface area contributed by atoms with Crippen LogP contribution in [0.2, 0.25) is 0 Å². The van der Waals surface area contributed by atoms with Crippen molar-refractivity contribution in [1.82, 2.24) is 10.2 Å². The van der Waals surface area contributed by atoms with Gasteiger partial charge in [0.25, 0.3) is 5.91 Å². The molecule has 2 heterocycles. The Morgan fingerprint density at radius 2 is 2.33 bits per heavy atom. The highest BCUT2D eigenvalue weighted by Crippen LogP contribution is 2.29. The summed E-state index contributed by atoms with van der Waals surface area (Å²) in [4.78, 5) is 14.5. The number of carbonyl (C=O) groups excluding carboxylic acids is 1. The summed E-state index contributed by atoms with van der Waals surface area (Å²) >= 11 is 0. The van der Waals surface area contributed by atoms with Crippen LogP contribution in [0, 0.1) is 6.92 Å². The van der Waals surface area contributed by atoms with Crippen LogP contribution >= 0.6 is 0 Å². The van der Waals surface area contributed by atoms with E-state index in [1.165, 1.54) is 12.8 Å². The lowest BCUT2D eigenvalue weighted by atomic mass is 10.2. The number of amides is 1. The normalized spacial score (nSPS) is 23.3. The molecule has 2 aliphatic rings. The topological polar surface area (TPSA) is 45.5 Å². The molecule has 2 fully saturated rings. The number of rotatable bonds is 4. The molecular formula is C14H20N2O2. The largest absolute Gasteiger partial charge is 0.469 e. The third-order valence-electron chi connectivity index (χ3n) is 3.81. The number of carbonyl (C=O) groups is 1. The van der Waals surface area contributed by atoms with Crippen molar-refractivity contribution in [3.8, 4) is 0 Å². The second-order valence-corrected chi connectivity index (χ2v) is 5.43. The van der Waals surface area contributed by atoms with Crippen LogP contribution < -0.4 is 5.32 Å². The maximum absolute atomic E-state index is 12.5. The first kappa shape index (κ1) is 11.8. The quantitative estimate of drug-likeness (QED) is 0.885. The van der Waals surface area contributed by atoms with E-state index in [0.717, 1.165) is 31.7 Å². The van der Waals surface area contributed by atoms with E-state index in [9.17, 15) is 4.79 Å². The molecule has 98 valence electrons. The Morgan fingerprint density at radius 3 is 2.89 bits per heavy atom. The van der Waals surface area contributed by atoms with Crippen molar-refractivity contribution >= 4 is 5.91 Å². The van der Waals surface area contributed by atoms with Gasteiger partial charge in [0, 0.05) is 18.6 Å². The summed E-state index contributed by atoms with van der Waals surface area (Å²) in [6, 6.07) is 2.76. The molecule has 1 amide bonds. The molecule has 4 nitrogen and oxygen atoms in total. The van der Waals surface area contributed by atoms with E-state index in [-0.39, 0.29) is 5.91 Å². The van der Waals surface area contributed by atoms with Crippen molar-refractivity contribution in [2.75, 3.05) is 13.1 Å². The number of nitrogens with zero attached hydrogens (tertiary/aromatic N) is 1. The summed E-state index contributed by atoms with van der Waals surface area (Å²) in [6.45, 7) is 3.80. The first-order chi connectivity index (χ1) is 8.74. The number of hydrogen-bond acceptors (Lipinski definition) is 3. The van der Waals surface area contributed by atoms with E-state index in [2.05, 4.69) is 5.32 Å². The van der Waals surface area contributed by atoms with Crippen molar-refractivity contribution in [3.63, 3.8) is 0 Å². The molecule has 1 aliphatic heterocycles. The molecule has 0 aromatic carbocycles. The van der Waals surface area contributed by atoms with Crippen LogP contribution in [0.5, 0.6) is 0 Å². The molecule has 1 saturated carbocycles. The molecule has 1 N–H and O–H groups in total. The van der Waals surface area contributed by atoms with E-state index >= 15 is 0 Å². The second kappa shape index (κ2) is 4.76. The van der Waals surface area contributed by atoms with Crippen molar-refractivity contribution < 1.29 is 9.21 Å². The highest BCUT2D eigenvalue weighted by molar-refractivity contribution is 5.94. The molecule has 18 heavy (non-hydrogen) atoms. The number of aryl methyl sites for hydroxylation is 1. The fourth-order valence-corrected chi connectivity index (χ4v) is 2.66. The lowest BCUT2D eigenvalue weighted by Gasteiger charge is -2.25. The maximum atomic E-state index is 12.5. The van der Waals surface area contributed by atoms with Crippen molar-refractivity contribution in [1.29, 1.82) is 0 Å². The molecule has 1 unspecified atom stereocenters. The molecule has 1 aliphatic carbocycles. The van der Waals surface area contributed by atoms with E-state index < -0.39 is 0 Å². The van der Waals surface area contributed by atoms with Gasteiger partial charge >= 0.3 is 0 Å². The monoisotopic (exact) mass is 248 g/mol. The van der Waals surface area contributed by atoms with Gasteiger partial charge in [0.2, 0.25) is 0 Å². The average Bonchev–Trinajstić information content (AvgIpc) is 2.88. The van der Waals surface area contributed by atoms with Crippen LogP contribution in [-0.4, -0.2) is 36.0 Å². The third-order valence-corrected chi connectivity index (χ3v) is 3.81. The van der Waals surface area contributed by atoms with Crippen molar-refractivity contribution in [2.24, 2.45) is 0 Å². The van der Waals surface area contributed by atoms with Gasteiger partial charge in [0.05, 0.1) is 5.56 Å². The van der Waals surface area contributed by atoms with Crippen LogP contribution in [0.3, 0.4) is 0 Å². The number of nitrogens with one attached hydrogen (secondary N) is 1. The third kappa shape index (κ3) is 2.43. The number of hydrogen-bond donors (Lipinski definition) is 1. The molecule has 1 aromatic rings. The van der Waals surface area contributed by atoms with E-state index in [0.29, 0.717) is 17.6 Å². The van der Waals surface area contributed by atoms with Gasteiger partial charge in [-0.25, -0.2) is 0 Å². The number of furan rings is 1. The zero-order valence-corrected chi connectivity index (χ0v) is 10.8. The Balaban J connectivity index is 1.70. The van der Waals surface area contributed by atoms with Crippen LogP contribution in [0.25, 0.3) is 0 Å². The molecule has 1 aromatic heterocycles. The van der Waals surface area contributed by atoms with Gasteiger partial charge in [-0.3, -0.25) is 4.79 Å². The molecule has 3 rings (SSSR count). The first-order valence-corrected chi connectivity index (χ1v) is 6.83. The highest BCUT2D eigenvalue weighted by atomic mass is 16.3. The van der Waals surface area contributed by atoms with Gasteiger partial charge in [0.15, 0.2) is 0 Å². The Labute approximate surface area is 107 Å². The van der Waals surface area contributed by atoms with Crippen molar-refractivity contribution in [2.45, 2.75) is 44.7 Å². The van der Waals surface area contributed by atoms with Crippen LogP contribution in [0.15, 0.2) is 16.7 Å². The van der Waals surface area contributed by atoms with Gasteiger partial charge in [-0.05, 0) is 45.2 Å². The van der Waals surface area contributed by atoms with Crippen LogP contribution in [-0.2, 0) is 0 Å². The molecule has 0 spiro atoms. The fraction of sp³-hybridized carbons (Fsp3) is 0.643. The Morgan fingerprint density at radius 1 is 1.50 bits per heavy atom. The zero-order chi connectivity index (χ0) is 12.5. The van der Waals surface area contributed by atoms with E-state index in [4.69, 9.17) is 4.42 Å². The van der Waals surface area contributed by atoms with Gasteiger partial charge in [-0.1, -0.05) is 0 Å². The second-order valence-electron chi connectivity index (χ2n) is 5.43. The van der Waals surface area contributed by atoms with Gasteiger partial charge in [-0.15, -0.1) is 0 Å². The Kier molecular flexibility index (Phi) is 3.12. The standard InChI is InChI=1S/C14H20N2O2/c1-10-7-11(9-18-10)14(17)16(13-4-5-13)8-12-3-2-6-15-12/h7,9,12-13,15H,2-6,8H2,1H3. The minimum atomic E-state index is 0.128. The summed E-state index contributed by atoms with van der Waals surface area (Å²) in [5.41, 5.74) is 0.692. The molecular weight excluding hydrogens is 228 g/mol. The SMILES string of the molecule is Cc1cc(C(=O)N(CC2CCCN2)C2CC2)co1. The summed E-state index contributed by atoms with van der Waals surface area (Å²) in [7, 11) is 0. The Bertz CT molecular complexity index is 431. The van der Waals surface area contributed by atoms with Crippen molar-refractivity contribution in [3.05, 3.63) is 23.7 Å². The smallest absolute Gasteiger partial charge is 0.257 e. The van der Waals surface area contributed by atoms with Crippen LogP contribution in [0.4, 0.5) is 0 Å².